The Labute approximate surface area is 127 Å². The Balaban J connectivity index is 1.77. The van der Waals surface area contributed by atoms with Crippen molar-refractivity contribution >= 4 is 11.6 Å². The van der Waals surface area contributed by atoms with Gasteiger partial charge in [0.15, 0.2) is 0 Å². The number of carbonyl (C=O) groups excluding carboxylic acids is 1. The highest BCUT2D eigenvalue weighted by Gasteiger charge is 2.26. The zero-order chi connectivity index (χ0) is 15.5. The summed E-state index contributed by atoms with van der Waals surface area (Å²) in [7, 11) is 0. The van der Waals surface area contributed by atoms with Crippen molar-refractivity contribution in [2.24, 2.45) is 0 Å². The molecule has 1 aromatic carbocycles. The van der Waals surface area contributed by atoms with Crippen LogP contribution < -0.4 is 0 Å². The fourth-order valence-corrected chi connectivity index (χ4v) is 2.84. The predicted molar refractivity (Wildman–Crippen MR) is 79.6 cm³/mol. The summed E-state index contributed by atoms with van der Waals surface area (Å²) in [6.45, 7) is 1.27. The predicted octanol–water partition coefficient (Wildman–Crippen LogP) is 2.34. The summed E-state index contributed by atoms with van der Waals surface area (Å²) >= 11 is 0. The van der Waals surface area contributed by atoms with E-state index in [9.17, 15) is 14.9 Å². The Morgan fingerprint density at radius 2 is 2.27 bits per heavy atom. The first-order valence-electron chi connectivity index (χ1n) is 7.18. The summed E-state index contributed by atoms with van der Waals surface area (Å²) in [5.74, 6) is 0.0758. The number of benzene rings is 1. The summed E-state index contributed by atoms with van der Waals surface area (Å²) in [4.78, 5) is 24.7. The third-order valence-corrected chi connectivity index (χ3v) is 3.97. The Kier molecular flexibility index (Phi) is 3.86. The molecule has 0 spiro atoms. The summed E-state index contributed by atoms with van der Waals surface area (Å²) in [6, 6.07) is 7.81. The maximum atomic E-state index is 12.6. The minimum absolute atomic E-state index is 0.0621. The molecule has 3 rings (SSSR count). The number of amides is 1. The highest BCUT2D eigenvalue weighted by molar-refractivity contribution is 5.95. The van der Waals surface area contributed by atoms with Gasteiger partial charge in [-0.1, -0.05) is 6.07 Å². The molecule has 114 valence electrons. The van der Waals surface area contributed by atoms with Crippen LogP contribution in [0.15, 0.2) is 36.5 Å². The molecule has 22 heavy (non-hydrogen) atoms. The van der Waals surface area contributed by atoms with Crippen molar-refractivity contribution in [2.45, 2.75) is 18.8 Å². The molecule has 1 aliphatic heterocycles. The van der Waals surface area contributed by atoms with Crippen molar-refractivity contribution in [2.75, 3.05) is 13.1 Å². The molecule has 1 N–H and O–H groups in total. The van der Waals surface area contributed by atoms with E-state index in [2.05, 4.69) is 10.2 Å². The largest absolute Gasteiger partial charge is 0.338 e. The van der Waals surface area contributed by atoms with E-state index in [-0.39, 0.29) is 17.5 Å². The van der Waals surface area contributed by atoms with Crippen LogP contribution in [0.3, 0.4) is 0 Å². The number of nitrogens with zero attached hydrogens (tertiary/aromatic N) is 3. The molecule has 1 aliphatic rings. The third kappa shape index (κ3) is 2.83. The van der Waals surface area contributed by atoms with Gasteiger partial charge in [-0.3, -0.25) is 20.0 Å². The number of likely N-dealkylation sites (tertiary alicyclic amines) is 1. The van der Waals surface area contributed by atoms with Gasteiger partial charge >= 0.3 is 0 Å². The fourth-order valence-electron chi connectivity index (χ4n) is 2.84. The van der Waals surface area contributed by atoms with Gasteiger partial charge in [-0.15, -0.1) is 0 Å². The van der Waals surface area contributed by atoms with Crippen molar-refractivity contribution in [3.8, 4) is 0 Å². The first-order chi connectivity index (χ1) is 10.6. The average Bonchev–Trinajstić information content (AvgIpc) is 3.09. The second-order valence-corrected chi connectivity index (χ2v) is 5.41. The molecule has 1 fully saturated rings. The van der Waals surface area contributed by atoms with Crippen LogP contribution in [0.5, 0.6) is 0 Å². The van der Waals surface area contributed by atoms with Crippen LogP contribution in [0, 0.1) is 10.1 Å². The molecule has 0 saturated carbocycles. The molecule has 2 aromatic rings. The van der Waals surface area contributed by atoms with Crippen LogP contribution in [0.2, 0.25) is 0 Å². The van der Waals surface area contributed by atoms with Crippen molar-refractivity contribution < 1.29 is 9.72 Å². The second-order valence-electron chi connectivity index (χ2n) is 5.41. The number of hydrogen-bond acceptors (Lipinski definition) is 4. The normalized spacial score (nSPS) is 18.2. The number of rotatable bonds is 3. The summed E-state index contributed by atoms with van der Waals surface area (Å²) in [6.07, 6.45) is 3.61. The maximum Gasteiger partial charge on any atom is 0.270 e. The maximum absolute atomic E-state index is 12.6. The average molecular weight is 300 g/mol. The molecular formula is C15H16N4O3. The lowest BCUT2D eigenvalue weighted by Gasteiger charge is -2.32. The lowest BCUT2D eigenvalue weighted by Crippen LogP contribution is -2.39. The number of aromatic nitrogens is 2. The van der Waals surface area contributed by atoms with Gasteiger partial charge in [0.1, 0.15) is 0 Å². The first kappa shape index (κ1) is 14.2. The fraction of sp³-hybridized carbons (Fsp3) is 0.333. The zero-order valence-electron chi connectivity index (χ0n) is 11.9. The van der Waals surface area contributed by atoms with Crippen LogP contribution in [0.4, 0.5) is 5.69 Å². The van der Waals surface area contributed by atoms with E-state index in [1.54, 1.807) is 23.2 Å². The van der Waals surface area contributed by atoms with Gasteiger partial charge < -0.3 is 4.90 Å². The van der Waals surface area contributed by atoms with Crippen LogP contribution in [-0.2, 0) is 0 Å². The number of nitrogens with one attached hydrogen (secondary N) is 1. The second kappa shape index (κ2) is 5.97. The zero-order valence-corrected chi connectivity index (χ0v) is 11.9. The molecule has 7 nitrogen and oxygen atoms in total. The summed E-state index contributed by atoms with van der Waals surface area (Å²) in [5, 5.41) is 17.7. The molecule has 0 aliphatic carbocycles. The van der Waals surface area contributed by atoms with Gasteiger partial charge in [0.2, 0.25) is 0 Å². The molecule has 1 unspecified atom stereocenters. The standard InChI is InChI=1S/C15H16N4O3/c20-15(11-3-1-5-13(9-11)19(21)22)18-8-2-4-12(10-18)14-6-7-16-17-14/h1,3,5-7,9,12H,2,4,8,10H2,(H,16,17). The number of non-ortho nitro benzene ring substituents is 1. The quantitative estimate of drug-likeness (QED) is 0.695. The van der Waals surface area contributed by atoms with E-state index >= 15 is 0 Å². The molecule has 1 saturated heterocycles. The van der Waals surface area contributed by atoms with Crippen molar-refractivity contribution in [1.29, 1.82) is 0 Å². The lowest BCUT2D eigenvalue weighted by atomic mass is 9.94. The van der Waals surface area contributed by atoms with E-state index in [0.717, 1.165) is 18.5 Å². The monoisotopic (exact) mass is 300 g/mol. The van der Waals surface area contributed by atoms with Crippen LogP contribution in [0.25, 0.3) is 0 Å². The molecular weight excluding hydrogens is 284 g/mol. The third-order valence-electron chi connectivity index (χ3n) is 3.97. The Morgan fingerprint density at radius 3 is 3.00 bits per heavy atom. The van der Waals surface area contributed by atoms with Gasteiger partial charge in [0, 0.05) is 48.6 Å². The summed E-state index contributed by atoms with van der Waals surface area (Å²) in [5.41, 5.74) is 1.32. The van der Waals surface area contributed by atoms with Gasteiger partial charge in [-0.05, 0) is 25.0 Å². The van der Waals surface area contributed by atoms with Crippen molar-refractivity contribution in [3.63, 3.8) is 0 Å². The van der Waals surface area contributed by atoms with Crippen LogP contribution >= 0.6 is 0 Å². The SMILES string of the molecule is O=C(c1cccc([N+](=O)[O-])c1)N1CCCC(c2ccn[nH]2)C1. The van der Waals surface area contributed by atoms with Crippen molar-refractivity contribution in [1.82, 2.24) is 15.1 Å². The molecule has 7 heteroatoms. The van der Waals surface area contributed by atoms with Gasteiger partial charge in [-0.25, -0.2) is 0 Å². The van der Waals surface area contributed by atoms with E-state index in [0.29, 0.717) is 18.7 Å². The number of piperidine rings is 1. The van der Waals surface area contributed by atoms with Crippen molar-refractivity contribution in [3.05, 3.63) is 57.9 Å². The molecule has 1 aromatic heterocycles. The van der Waals surface area contributed by atoms with E-state index in [1.165, 1.54) is 12.1 Å². The molecule has 0 bridgehead atoms. The highest BCUT2D eigenvalue weighted by Crippen LogP contribution is 2.26. The Bertz CT molecular complexity index is 684. The smallest absolute Gasteiger partial charge is 0.270 e. The van der Waals surface area contributed by atoms with Crippen LogP contribution in [-0.4, -0.2) is 39.0 Å². The molecule has 0 radical (unpaired) electrons. The molecule has 2 heterocycles. The van der Waals surface area contributed by atoms with E-state index < -0.39 is 4.92 Å². The first-order valence-corrected chi connectivity index (χ1v) is 7.18. The Morgan fingerprint density at radius 1 is 1.41 bits per heavy atom. The van der Waals surface area contributed by atoms with E-state index in [4.69, 9.17) is 0 Å². The lowest BCUT2D eigenvalue weighted by molar-refractivity contribution is -0.384. The molecule has 1 amide bonds. The topological polar surface area (TPSA) is 92.1 Å². The van der Waals surface area contributed by atoms with E-state index in [1.807, 2.05) is 6.07 Å². The number of aromatic amines is 1. The van der Waals surface area contributed by atoms with Gasteiger partial charge in [0.05, 0.1) is 4.92 Å². The number of nitro groups is 1. The van der Waals surface area contributed by atoms with Gasteiger partial charge in [0.25, 0.3) is 11.6 Å². The minimum Gasteiger partial charge on any atom is -0.338 e. The summed E-state index contributed by atoms with van der Waals surface area (Å²) < 4.78 is 0. The number of carbonyl (C=O) groups is 1. The number of hydrogen-bond donors (Lipinski definition) is 1. The van der Waals surface area contributed by atoms with Gasteiger partial charge in [-0.2, -0.15) is 5.10 Å². The number of H-pyrrole nitrogens is 1. The Hall–Kier alpha value is -2.70. The molecule has 1 atom stereocenters. The minimum atomic E-state index is -0.486. The number of nitro benzene ring substituents is 1. The van der Waals surface area contributed by atoms with Crippen LogP contribution in [0.1, 0.15) is 34.8 Å². The highest BCUT2D eigenvalue weighted by atomic mass is 16.6.